The van der Waals surface area contributed by atoms with Crippen LogP contribution in [0.3, 0.4) is 0 Å². The van der Waals surface area contributed by atoms with Gasteiger partial charge in [-0.05, 0) is 12.1 Å². The molecule has 0 saturated heterocycles. The molecule has 45 heavy (non-hydrogen) atoms. The van der Waals surface area contributed by atoms with E-state index in [1.807, 2.05) is 0 Å². The van der Waals surface area contributed by atoms with Gasteiger partial charge < -0.3 is 9.47 Å². The van der Waals surface area contributed by atoms with Gasteiger partial charge in [0.15, 0.2) is 69.7 Å². The van der Waals surface area contributed by atoms with Gasteiger partial charge in [-0.25, -0.2) is 71.5 Å². The zero-order chi connectivity index (χ0) is 33.3. The Morgan fingerprint density at radius 3 is 1.02 bits per heavy atom. The van der Waals surface area contributed by atoms with Gasteiger partial charge in [0.05, 0.1) is 0 Å². The third-order valence-corrected chi connectivity index (χ3v) is 5.52. The summed E-state index contributed by atoms with van der Waals surface area (Å²) in [6, 6.07) is 1.25. The summed E-state index contributed by atoms with van der Waals surface area (Å²) in [7, 11) is 0. The maximum absolute atomic E-state index is 14.5. The van der Waals surface area contributed by atoms with Gasteiger partial charge in [0.2, 0.25) is 18.4 Å². The molecule has 4 aromatic rings. The van der Waals surface area contributed by atoms with Crippen molar-refractivity contribution in [2.75, 3.05) is 6.79 Å². The Morgan fingerprint density at radius 2 is 0.711 bits per heavy atom. The molecule has 18 heteroatoms. The van der Waals surface area contributed by atoms with Crippen LogP contribution >= 0.6 is 0 Å². The molecule has 0 aliphatic rings. The fourth-order valence-electron chi connectivity index (χ4n) is 3.49. The SMILES string of the molecule is Fc1cc(F)c(OCOc2c(F)cc(F)cc2C=Nc2c(F)c(F)c(F)c(F)c2F)c(C=Nc2c(F)c(F)c(F)c(F)c2F)c1. The molecule has 0 aliphatic heterocycles. The van der Waals surface area contributed by atoms with E-state index < -0.39 is 122 Å². The largest absolute Gasteiger partial charge is 0.454 e. The molecule has 0 radical (unpaired) electrons. The standard InChI is InChI=1S/C27H8F14N2O2/c28-10-1-8(5-42-24-20(38)16(34)14(32)17(35)21(24)39)26(12(30)3-10)44-7-45-27-9(2-11(29)4-13(27)31)6-43-25-22(40)18(36)15(33)19(37)23(25)41/h1-6H,7H2. The summed E-state index contributed by atoms with van der Waals surface area (Å²) < 4.78 is 203. The summed E-state index contributed by atoms with van der Waals surface area (Å²) >= 11 is 0. The molecule has 0 saturated carbocycles. The number of halogens is 14. The van der Waals surface area contributed by atoms with Crippen molar-refractivity contribution in [1.29, 1.82) is 0 Å². The van der Waals surface area contributed by atoms with Crippen molar-refractivity contribution < 1.29 is 70.9 Å². The normalized spacial score (nSPS) is 11.7. The molecule has 4 aromatic carbocycles. The Bertz CT molecular complexity index is 1700. The lowest BCUT2D eigenvalue weighted by molar-refractivity contribution is 0.110. The van der Waals surface area contributed by atoms with Crippen LogP contribution in [0.4, 0.5) is 72.8 Å². The smallest absolute Gasteiger partial charge is 0.231 e. The molecule has 0 spiro atoms. The Labute approximate surface area is 240 Å². The Kier molecular flexibility index (Phi) is 9.34. The second-order valence-electron chi connectivity index (χ2n) is 8.37. The third-order valence-electron chi connectivity index (χ3n) is 5.52. The first-order valence-electron chi connectivity index (χ1n) is 11.5. The molecule has 0 unspecified atom stereocenters. The Morgan fingerprint density at radius 1 is 0.422 bits per heavy atom. The zero-order valence-electron chi connectivity index (χ0n) is 21.2. The van der Waals surface area contributed by atoms with Gasteiger partial charge in [0.1, 0.15) is 23.0 Å². The molecule has 4 nitrogen and oxygen atoms in total. The average Bonchev–Trinajstić information content (AvgIpc) is 2.99. The van der Waals surface area contributed by atoms with Crippen molar-refractivity contribution in [3.63, 3.8) is 0 Å². The van der Waals surface area contributed by atoms with Crippen molar-refractivity contribution in [3.8, 4) is 11.5 Å². The van der Waals surface area contributed by atoms with E-state index in [0.717, 1.165) is 0 Å². The number of aliphatic imine (C=N–C) groups is 2. The van der Waals surface area contributed by atoms with E-state index in [1.165, 1.54) is 0 Å². The molecular weight excluding hydrogens is 650 g/mol. The lowest BCUT2D eigenvalue weighted by Gasteiger charge is -2.14. The van der Waals surface area contributed by atoms with E-state index in [-0.39, 0.29) is 24.6 Å². The summed E-state index contributed by atoms with van der Waals surface area (Å²) in [5.41, 5.74) is -5.14. The number of nitrogens with zero attached hydrogens (tertiary/aromatic N) is 2. The summed E-state index contributed by atoms with van der Waals surface area (Å²) in [6.07, 6.45) is 0.473. The van der Waals surface area contributed by atoms with Gasteiger partial charge >= 0.3 is 0 Å². The molecule has 0 amide bonds. The van der Waals surface area contributed by atoms with Gasteiger partial charge in [0.25, 0.3) is 0 Å². The van der Waals surface area contributed by atoms with Crippen LogP contribution < -0.4 is 9.47 Å². The maximum atomic E-state index is 14.5. The molecule has 236 valence electrons. The predicted molar refractivity (Wildman–Crippen MR) is 126 cm³/mol. The molecule has 0 aliphatic carbocycles. The van der Waals surface area contributed by atoms with E-state index >= 15 is 0 Å². The highest BCUT2D eigenvalue weighted by Crippen LogP contribution is 2.32. The van der Waals surface area contributed by atoms with Crippen molar-refractivity contribution in [2.45, 2.75) is 0 Å². The number of benzene rings is 4. The van der Waals surface area contributed by atoms with Gasteiger partial charge in [-0.1, -0.05) is 0 Å². The molecule has 0 fully saturated rings. The molecule has 0 heterocycles. The van der Waals surface area contributed by atoms with Gasteiger partial charge in [-0.2, -0.15) is 0 Å². The highest BCUT2D eigenvalue weighted by molar-refractivity contribution is 5.86. The fraction of sp³-hybridized carbons (Fsp3) is 0.0370. The molecular formula is C27H8F14N2O2. The Balaban J connectivity index is 1.65. The minimum Gasteiger partial charge on any atom is -0.454 e. The topological polar surface area (TPSA) is 43.2 Å². The van der Waals surface area contributed by atoms with Gasteiger partial charge in [0, 0.05) is 35.7 Å². The van der Waals surface area contributed by atoms with Gasteiger partial charge in [-0.15, -0.1) is 0 Å². The van der Waals surface area contributed by atoms with Gasteiger partial charge in [-0.3, -0.25) is 0 Å². The van der Waals surface area contributed by atoms with E-state index in [2.05, 4.69) is 9.98 Å². The minimum atomic E-state index is -2.51. The van der Waals surface area contributed by atoms with Crippen LogP contribution in [-0.2, 0) is 0 Å². The molecule has 0 aromatic heterocycles. The van der Waals surface area contributed by atoms with Crippen LogP contribution in [0.1, 0.15) is 11.1 Å². The summed E-state index contributed by atoms with van der Waals surface area (Å²) in [6.45, 7) is -1.29. The van der Waals surface area contributed by atoms with Crippen molar-refractivity contribution >= 4 is 23.8 Å². The van der Waals surface area contributed by atoms with Crippen LogP contribution in [0.2, 0.25) is 0 Å². The second-order valence-corrected chi connectivity index (χ2v) is 8.37. The van der Waals surface area contributed by atoms with Crippen LogP contribution in [0.5, 0.6) is 11.5 Å². The molecule has 4 rings (SSSR count). The minimum absolute atomic E-state index is 0.200. The second kappa shape index (κ2) is 12.8. The van der Waals surface area contributed by atoms with E-state index in [9.17, 15) is 61.5 Å². The maximum Gasteiger partial charge on any atom is 0.231 e. The summed E-state index contributed by atoms with van der Waals surface area (Å²) in [5, 5.41) is 0. The number of ether oxygens (including phenoxy) is 2. The van der Waals surface area contributed by atoms with Crippen molar-refractivity contribution in [2.24, 2.45) is 9.98 Å². The molecule has 0 atom stereocenters. The molecule has 0 N–H and O–H groups in total. The lowest BCUT2D eigenvalue weighted by Crippen LogP contribution is -2.11. The third kappa shape index (κ3) is 6.39. The van der Waals surface area contributed by atoms with Crippen LogP contribution in [0.25, 0.3) is 0 Å². The number of hydrogen-bond acceptors (Lipinski definition) is 4. The first-order valence-corrected chi connectivity index (χ1v) is 11.5. The van der Waals surface area contributed by atoms with Crippen LogP contribution in [0.15, 0.2) is 34.3 Å². The Hall–Kier alpha value is -5.16. The van der Waals surface area contributed by atoms with Crippen molar-refractivity contribution in [1.82, 2.24) is 0 Å². The summed E-state index contributed by atoms with van der Waals surface area (Å²) in [5.74, 6) is -32.0. The first-order chi connectivity index (χ1) is 21.1. The van der Waals surface area contributed by atoms with E-state index in [0.29, 0.717) is 12.1 Å². The first kappa shape index (κ1) is 32.7. The van der Waals surface area contributed by atoms with E-state index in [4.69, 9.17) is 9.47 Å². The highest BCUT2D eigenvalue weighted by atomic mass is 19.2. The number of hydrogen-bond donors (Lipinski definition) is 0. The van der Waals surface area contributed by atoms with E-state index in [1.54, 1.807) is 0 Å². The fourth-order valence-corrected chi connectivity index (χ4v) is 3.49. The lowest BCUT2D eigenvalue weighted by atomic mass is 10.2. The average molecular weight is 658 g/mol. The summed E-state index contributed by atoms with van der Waals surface area (Å²) in [4.78, 5) is 6.07. The van der Waals surface area contributed by atoms with Crippen LogP contribution in [-0.4, -0.2) is 19.2 Å². The monoisotopic (exact) mass is 658 g/mol. The van der Waals surface area contributed by atoms with Crippen LogP contribution in [0, 0.1) is 81.4 Å². The quantitative estimate of drug-likeness (QED) is 0.0627. The predicted octanol–water partition coefficient (Wildman–Crippen LogP) is 8.55. The highest BCUT2D eigenvalue weighted by Gasteiger charge is 2.27. The zero-order valence-corrected chi connectivity index (χ0v) is 21.2. The molecule has 0 bridgehead atoms. The number of rotatable bonds is 8. The van der Waals surface area contributed by atoms with Crippen molar-refractivity contribution in [3.05, 3.63) is 117 Å².